The molecule has 2 heterocycles. The lowest BCUT2D eigenvalue weighted by atomic mass is 10.1. The molecule has 0 saturated carbocycles. The van der Waals surface area contributed by atoms with Gasteiger partial charge in [-0.25, -0.2) is 9.78 Å². The van der Waals surface area contributed by atoms with Crippen LogP contribution in [0.5, 0.6) is 0 Å². The minimum absolute atomic E-state index is 0.128. The van der Waals surface area contributed by atoms with Gasteiger partial charge in [0, 0.05) is 0 Å². The first-order valence-corrected chi connectivity index (χ1v) is 6.46. The van der Waals surface area contributed by atoms with Crippen LogP contribution in [0.1, 0.15) is 34.5 Å². The van der Waals surface area contributed by atoms with Gasteiger partial charge in [0.05, 0.1) is 24.4 Å². The molecule has 2 rings (SSSR count). The van der Waals surface area contributed by atoms with Gasteiger partial charge < -0.3 is 9.84 Å². The largest absolute Gasteiger partial charge is 0.478 e. The summed E-state index contributed by atoms with van der Waals surface area (Å²) in [7, 11) is 0. The summed E-state index contributed by atoms with van der Waals surface area (Å²) in [6, 6.07) is 1.46. The molecular weight excluding hydrogens is 319 g/mol. The van der Waals surface area contributed by atoms with E-state index in [4.69, 9.17) is 9.84 Å². The number of nitrogens with zero attached hydrogens (tertiary/aromatic N) is 5. The number of hydrogen-bond acceptors (Lipinski definition) is 6. The highest BCUT2D eigenvalue weighted by atomic mass is 19.4. The summed E-state index contributed by atoms with van der Waals surface area (Å²) in [5.74, 6) is -1.16. The fraction of sp³-hybridized carbons (Fsp3) is 0.417. The van der Waals surface area contributed by atoms with Crippen LogP contribution < -0.4 is 0 Å². The van der Waals surface area contributed by atoms with Crippen LogP contribution in [-0.4, -0.2) is 36.3 Å². The van der Waals surface area contributed by atoms with E-state index in [1.165, 1.54) is 4.80 Å². The standard InChI is InChI=1S/C12H12F3N5O3/c1-2-20-18-10(17-19-20)6-23-5-8-7(11(21)22)3-4-9(16-8)12(13,14)15/h3-4H,2,5-6H2,1H3,(H,21,22). The molecule has 0 aliphatic rings. The zero-order valence-corrected chi connectivity index (χ0v) is 11.9. The minimum Gasteiger partial charge on any atom is -0.478 e. The van der Waals surface area contributed by atoms with Crippen molar-refractivity contribution >= 4 is 5.97 Å². The normalized spacial score (nSPS) is 11.7. The third-order valence-electron chi connectivity index (χ3n) is 2.74. The lowest BCUT2D eigenvalue weighted by molar-refractivity contribution is -0.141. The van der Waals surface area contributed by atoms with Crippen molar-refractivity contribution in [3.63, 3.8) is 0 Å². The number of pyridine rings is 1. The van der Waals surface area contributed by atoms with E-state index < -0.39 is 24.4 Å². The molecule has 0 atom stereocenters. The van der Waals surface area contributed by atoms with Gasteiger partial charge in [-0.05, 0) is 24.3 Å². The summed E-state index contributed by atoms with van der Waals surface area (Å²) in [4.78, 5) is 15.7. The van der Waals surface area contributed by atoms with E-state index in [2.05, 4.69) is 20.4 Å². The Morgan fingerprint density at radius 2 is 2.09 bits per heavy atom. The number of ether oxygens (including phenoxy) is 1. The molecule has 0 radical (unpaired) electrons. The van der Waals surface area contributed by atoms with E-state index in [-0.39, 0.29) is 23.7 Å². The van der Waals surface area contributed by atoms with Gasteiger partial charge in [0.1, 0.15) is 12.3 Å². The smallest absolute Gasteiger partial charge is 0.433 e. The zero-order chi connectivity index (χ0) is 17.0. The van der Waals surface area contributed by atoms with Crippen molar-refractivity contribution in [1.29, 1.82) is 0 Å². The second-order valence-corrected chi connectivity index (χ2v) is 4.38. The van der Waals surface area contributed by atoms with Crippen LogP contribution in [0, 0.1) is 0 Å². The number of carboxylic acid groups (broad SMARTS) is 1. The van der Waals surface area contributed by atoms with Gasteiger partial charge in [-0.15, -0.1) is 10.2 Å². The number of hydrogen-bond donors (Lipinski definition) is 1. The molecule has 0 aromatic carbocycles. The molecule has 0 spiro atoms. The van der Waals surface area contributed by atoms with Crippen molar-refractivity contribution in [3.05, 3.63) is 34.9 Å². The maximum absolute atomic E-state index is 12.6. The highest BCUT2D eigenvalue weighted by Gasteiger charge is 2.33. The van der Waals surface area contributed by atoms with Crippen molar-refractivity contribution in [2.75, 3.05) is 0 Å². The number of aromatic nitrogens is 5. The van der Waals surface area contributed by atoms with Crippen LogP contribution in [0.25, 0.3) is 0 Å². The van der Waals surface area contributed by atoms with Crippen LogP contribution in [-0.2, 0) is 30.7 Å². The Labute approximate surface area is 127 Å². The Kier molecular flexibility index (Phi) is 4.89. The van der Waals surface area contributed by atoms with Crippen molar-refractivity contribution in [2.45, 2.75) is 32.9 Å². The summed E-state index contributed by atoms with van der Waals surface area (Å²) in [5, 5.41) is 20.3. The maximum atomic E-state index is 12.6. The molecule has 11 heteroatoms. The number of carboxylic acids is 1. The van der Waals surface area contributed by atoms with E-state index in [9.17, 15) is 18.0 Å². The molecule has 1 N–H and O–H groups in total. The highest BCUT2D eigenvalue weighted by molar-refractivity contribution is 5.88. The maximum Gasteiger partial charge on any atom is 0.433 e. The Morgan fingerprint density at radius 3 is 2.65 bits per heavy atom. The number of aryl methyl sites for hydroxylation is 1. The molecule has 0 amide bonds. The van der Waals surface area contributed by atoms with Crippen molar-refractivity contribution in [3.8, 4) is 0 Å². The van der Waals surface area contributed by atoms with Gasteiger partial charge in [0.15, 0.2) is 5.82 Å². The van der Waals surface area contributed by atoms with E-state index >= 15 is 0 Å². The Morgan fingerprint density at radius 1 is 1.35 bits per heavy atom. The molecule has 2 aromatic heterocycles. The van der Waals surface area contributed by atoms with Crippen molar-refractivity contribution < 1.29 is 27.8 Å². The van der Waals surface area contributed by atoms with Crippen LogP contribution in [0.4, 0.5) is 13.2 Å². The first kappa shape index (κ1) is 16.8. The fourth-order valence-corrected chi connectivity index (χ4v) is 1.67. The number of tetrazole rings is 1. The van der Waals surface area contributed by atoms with Gasteiger partial charge in [-0.1, -0.05) is 0 Å². The quantitative estimate of drug-likeness (QED) is 0.856. The van der Waals surface area contributed by atoms with Crippen molar-refractivity contribution in [2.24, 2.45) is 0 Å². The van der Waals surface area contributed by atoms with Crippen LogP contribution in [0.3, 0.4) is 0 Å². The lowest BCUT2D eigenvalue weighted by Gasteiger charge is -2.10. The minimum atomic E-state index is -4.67. The topological polar surface area (TPSA) is 103 Å². The number of carbonyl (C=O) groups is 1. The third kappa shape index (κ3) is 4.22. The predicted molar refractivity (Wildman–Crippen MR) is 68.2 cm³/mol. The number of aromatic carboxylic acids is 1. The summed E-state index contributed by atoms with van der Waals surface area (Å²) < 4.78 is 43.1. The Bertz CT molecular complexity index is 701. The van der Waals surface area contributed by atoms with Gasteiger partial charge in [0.25, 0.3) is 0 Å². The van der Waals surface area contributed by atoms with E-state index in [1.807, 2.05) is 0 Å². The lowest BCUT2D eigenvalue weighted by Crippen LogP contribution is -2.14. The molecule has 0 saturated heterocycles. The average Bonchev–Trinajstić information content (AvgIpc) is 2.94. The SMILES string of the molecule is CCn1nnc(COCc2nc(C(F)(F)F)ccc2C(=O)O)n1. The van der Waals surface area contributed by atoms with Crippen molar-refractivity contribution in [1.82, 2.24) is 25.2 Å². The number of alkyl halides is 3. The van der Waals surface area contributed by atoms with Gasteiger partial charge in [-0.2, -0.15) is 18.0 Å². The number of halogens is 3. The summed E-state index contributed by atoms with van der Waals surface area (Å²) >= 11 is 0. The highest BCUT2D eigenvalue weighted by Crippen LogP contribution is 2.28. The molecule has 2 aromatic rings. The Balaban J connectivity index is 2.11. The van der Waals surface area contributed by atoms with Crippen LogP contribution in [0.2, 0.25) is 0 Å². The van der Waals surface area contributed by atoms with Crippen LogP contribution in [0.15, 0.2) is 12.1 Å². The van der Waals surface area contributed by atoms with E-state index in [0.29, 0.717) is 12.6 Å². The summed E-state index contributed by atoms with van der Waals surface area (Å²) in [6.45, 7) is 1.76. The molecule has 124 valence electrons. The first-order valence-electron chi connectivity index (χ1n) is 6.46. The molecule has 0 unspecified atom stereocenters. The Hall–Kier alpha value is -2.56. The molecule has 23 heavy (non-hydrogen) atoms. The van der Waals surface area contributed by atoms with Crippen LogP contribution >= 0.6 is 0 Å². The molecular formula is C12H12F3N5O3. The molecule has 0 fully saturated rings. The summed E-state index contributed by atoms with van der Waals surface area (Å²) in [5.41, 5.74) is -1.87. The summed E-state index contributed by atoms with van der Waals surface area (Å²) in [6.07, 6.45) is -4.67. The first-order chi connectivity index (χ1) is 10.8. The van der Waals surface area contributed by atoms with Gasteiger partial charge in [0.2, 0.25) is 0 Å². The monoisotopic (exact) mass is 331 g/mol. The average molecular weight is 331 g/mol. The second kappa shape index (κ2) is 6.69. The molecule has 8 nitrogen and oxygen atoms in total. The van der Waals surface area contributed by atoms with E-state index in [1.54, 1.807) is 6.92 Å². The second-order valence-electron chi connectivity index (χ2n) is 4.38. The molecule has 0 aliphatic heterocycles. The third-order valence-corrected chi connectivity index (χ3v) is 2.74. The molecule has 0 aliphatic carbocycles. The van der Waals surface area contributed by atoms with Gasteiger partial charge in [-0.3, -0.25) is 0 Å². The fourth-order valence-electron chi connectivity index (χ4n) is 1.67. The number of rotatable bonds is 6. The zero-order valence-electron chi connectivity index (χ0n) is 11.9. The van der Waals surface area contributed by atoms with Gasteiger partial charge >= 0.3 is 12.1 Å². The molecule has 0 bridgehead atoms. The predicted octanol–water partition coefficient (Wildman–Crippen LogP) is 1.52. The van der Waals surface area contributed by atoms with E-state index in [0.717, 1.165) is 6.07 Å².